The summed E-state index contributed by atoms with van der Waals surface area (Å²) in [4.78, 5) is 14.7. The molecule has 0 radical (unpaired) electrons. The molecular formula is C33H37Cl2NO4. The first-order valence-electron chi connectivity index (χ1n) is 14.2. The zero-order chi connectivity index (χ0) is 28.2. The molecule has 0 saturated carbocycles. The summed E-state index contributed by atoms with van der Waals surface area (Å²) in [6.45, 7) is 6.52. The topological polar surface area (TPSA) is 48.0 Å². The third kappa shape index (κ3) is 6.27. The number of nitrogens with zero attached hydrogens (tertiary/aromatic N) is 1. The molecule has 3 aromatic carbocycles. The number of carbonyl (C=O) groups excluding carboxylic acids is 1. The standard InChI is InChI=1S/C33H37Cl2NO4/c1-4-13-36-20-26-16-25-15-22(12-14-39-32(25)19-24(26)18-30(36)33(37)38-3)21-6-9-27(10-7-21)40-31(5-2)23-8-11-28(34)29(35)17-23/h6-11,16-17,19,22,30-31H,4-5,12-15,18,20H2,1-3H3/t22-,30+,31-/m1/s1. The van der Waals surface area contributed by atoms with Gasteiger partial charge in [0.1, 0.15) is 23.6 Å². The van der Waals surface area contributed by atoms with Crippen LogP contribution in [0.5, 0.6) is 11.5 Å². The second kappa shape index (κ2) is 12.8. The van der Waals surface area contributed by atoms with Crippen molar-refractivity contribution in [1.82, 2.24) is 4.90 Å². The van der Waals surface area contributed by atoms with Crippen molar-refractivity contribution in [2.75, 3.05) is 20.3 Å². The smallest absolute Gasteiger partial charge is 0.323 e. The molecule has 0 unspecified atom stereocenters. The van der Waals surface area contributed by atoms with E-state index in [1.165, 1.54) is 29.4 Å². The molecule has 0 saturated heterocycles. The van der Waals surface area contributed by atoms with Crippen LogP contribution in [-0.2, 0) is 28.9 Å². The Morgan fingerprint density at radius 2 is 1.80 bits per heavy atom. The SMILES string of the molecule is CCCN1Cc2cc3c(cc2C[C@H]1C(=O)OC)OCC[C@@H](c1ccc(O[C@H](CC)c2ccc(Cl)c(Cl)c2)cc1)C3. The number of carbonyl (C=O) groups is 1. The van der Waals surface area contributed by atoms with Gasteiger partial charge in [-0.3, -0.25) is 9.69 Å². The normalized spacial score (nSPS) is 19.5. The quantitative estimate of drug-likeness (QED) is 0.253. The zero-order valence-corrected chi connectivity index (χ0v) is 24.9. The summed E-state index contributed by atoms with van der Waals surface area (Å²) in [5.74, 6) is 1.96. The third-order valence-electron chi connectivity index (χ3n) is 8.10. The fourth-order valence-electron chi connectivity index (χ4n) is 5.95. The van der Waals surface area contributed by atoms with Gasteiger partial charge in [0.2, 0.25) is 0 Å². The van der Waals surface area contributed by atoms with Crippen molar-refractivity contribution < 1.29 is 19.0 Å². The molecule has 2 aliphatic heterocycles. The number of rotatable bonds is 8. The van der Waals surface area contributed by atoms with Crippen LogP contribution in [0.1, 0.15) is 72.9 Å². The minimum Gasteiger partial charge on any atom is -0.493 e. The molecule has 0 spiro atoms. The number of ether oxygens (including phenoxy) is 3. The van der Waals surface area contributed by atoms with E-state index in [-0.39, 0.29) is 18.1 Å². The molecule has 212 valence electrons. The lowest BCUT2D eigenvalue weighted by atomic mass is 9.86. The Hall–Kier alpha value is -2.73. The third-order valence-corrected chi connectivity index (χ3v) is 8.84. The van der Waals surface area contributed by atoms with Crippen molar-refractivity contribution in [3.05, 3.63) is 92.5 Å². The van der Waals surface area contributed by atoms with Crippen LogP contribution in [0.2, 0.25) is 10.0 Å². The Kier molecular flexibility index (Phi) is 9.24. The minimum atomic E-state index is -0.237. The second-order valence-electron chi connectivity index (χ2n) is 10.7. The molecule has 2 heterocycles. The van der Waals surface area contributed by atoms with Gasteiger partial charge in [-0.15, -0.1) is 0 Å². The molecule has 5 nitrogen and oxygen atoms in total. The average molecular weight is 583 g/mol. The van der Waals surface area contributed by atoms with Crippen LogP contribution in [-0.4, -0.2) is 37.2 Å². The van der Waals surface area contributed by atoms with Crippen LogP contribution in [0, 0.1) is 0 Å². The van der Waals surface area contributed by atoms with Crippen LogP contribution >= 0.6 is 23.2 Å². The lowest BCUT2D eigenvalue weighted by molar-refractivity contribution is -0.147. The van der Waals surface area contributed by atoms with Crippen molar-refractivity contribution in [3.8, 4) is 11.5 Å². The summed E-state index contributed by atoms with van der Waals surface area (Å²) in [5, 5.41) is 1.08. The number of hydrogen-bond donors (Lipinski definition) is 0. The maximum atomic E-state index is 12.5. The molecule has 0 bridgehead atoms. The van der Waals surface area contributed by atoms with Gasteiger partial charge in [0.15, 0.2) is 0 Å². The highest BCUT2D eigenvalue weighted by Gasteiger charge is 2.33. The number of methoxy groups -OCH3 is 1. The molecule has 3 atom stereocenters. The summed E-state index contributed by atoms with van der Waals surface area (Å²) in [5.41, 5.74) is 6.00. The van der Waals surface area contributed by atoms with Gasteiger partial charge in [-0.05, 0) is 103 Å². The van der Waals surface area contributed by atoms with E-state index in [1.807, 2.05) is 18.2 Å². The van der Waals surface area contributed by atoms with E-state index < -0.39 is 0 Å². The molecule has 40 heavy (non-hydrogen) atoms. The number of esters is 1. The Labute approximate surface area is 247 Å². The molecule has 0 amide bonds. The predicted molar refractivity (Wildman–Crippen MR) is 160 cm³/mol. The van der Waals surface area contributed by atoms with Gasteiger partial charge < -0.3 is 14.2 Å². The van der Waals surface area contributed by atoms with E-state index in [4.69, 9.17) is 37.4 Å². The average Bonchev–Trinajstić information content (AvgIpc) is 3.18. The summed E-state index contributed by atoms with van der Waals surface area (Å²) in [6, 6.07) is 18.4. The number of fused-ring (bicyclic) bond motifs is 2. The van der Waals surface area contributed by atoms with E-state index >= 15 is 0 Å². The Morgan fingerprint density at radius 3 is 2.50 bits per heavy atom. The van der Waals surface area contributed by atoms with Gasteiger partial charge in [0.05, 0.1) is 23.8 Å². The Morgan fingerprint density at radius 1 is 1.00 bits per heavy atom. The second-order valence-corrected chi connectivity index (χ2v) is 11.6. The molecule has 0 N–H and O–H groups in total. The monoisotopic (exact) mass is 581 g/mol. The molecule has 5 rings (SSSR count). The number of hydrogen-bond acceptors (Lipinski definition) is 5. The summed E-state index contributed by atoms with van der Waals surface area (Å²) in [6.07, 6.45) is 4.22. The Balaban J connectivity index is 1.31. The van der Waals surface area contributed by atoms with E-state index in [0.29, 0.717) is 29.0 Å². The predicted octanol–water partition coefficient (Wildman–Crippen LogP) is 7.94. The highest BCUT2D eigenvalue weighted by Crippen LogP contribution is 2.38. The molecule has 2 aliphatic rings. The fourth-order valence-corrected chi connectivity index (χ4v) is 6.26. The molecule has 0 aromatic heterocycles. The zero-order valence-electron chi connectivity index (χ0n) is 23.4. The van der Waals surface area contributed by atoms with Crippen LogP contribution in [0.3, 0.4) is 0 Å². The van der Waals surface area contributed by atoms with E-state index in [9.17, 15) is 4.79 Å². The molecule has 7 heteroatoms. The first-order chi connectivity index (χ1) is 19.4. The van der Waals surface area contributed by atoms with Gasteiger partial charge in [0.25, 0.3) is 0 Å². The van der Waals surface area contributed by atoms with Crippen molar-refractivity contribution in [2.45, 2.75) is 70.6 Å². The maximum absolute atomic E-state index is 12.5. The Bertz CT molecular complexity index is 1340. The van der Waals surface area contributed by atoms with Crippen molar-refractivity contribution in [3.63, 3.8) is 0 Å². The molecule has 3 aromatic rings. The van der Waals surface area contributed by atoms with Crippen LogP contribution in [0.25, 0.3) is 0 Å². The maximum Gasteiger partial charge on any atom is 0.323 e. The van der Waals surface area contributed by atoms with Gasteiger partial charge >= 0.3 is 5.97 Å². The van der Waals surface area contributed by atoms with E-state index in [1.54, 1.807) is 0 Å². The highest BCUT2D eigenvalue weighted by molar-refractivity contribution is 6.42. The summed E-state index contributed by atoms with van der Waals surface area (Å²) >= 11 is 12.3. The van der Waals surface area contributed by atoms with Gasteiger partial charge in [0, 0.05) is 6.54 Å². The van der Waals surface area contributed by atoms with E-state index in [2.05, 4.69) is 55.1 Å². The molecule has 0 aliphatic carbocycles. The summed E-state index contributed by atoms with van der Waals surface area (Å²) in [7, 11) is 1.47. The van der Waals surface area contributed by atoms with Gasteiger partial charge in [-0.1, -0.05) is 61.3 Å². The first-order valence-corrected chi connectivity index (χ1v) is 15.0. The summed E-state index contributed by atoms with van der Waals surface area (Å²) < 4.78 is 17.7. The van der Waals surface area contributed by atoms with Gasteiger partial charge in [-0.25, -0.2) is 0 Å². The van der Waals surface area contributed by atoms with E-state index in [0.717, 1.165) is 55.8 Å². The largest absolute Gasteiger partial charge is 0.493 e. The van der Waals surface area contributed by atoms with Crippen molar-refractivity contribution in [1.29, 1.82) is 0 Å². The van der Waals surface area contributed by atoms with Crippen LogP contribution < -0.4 is 9.47 Å². The number of halogens is 2. The first kappa shape index (κ1) is 28.8. The molecule has 0 fully saturated rings. The number of benzene rings is 3. The minimum absolute atomic E-state index is 0.101. The lowest BCUT2D eigenvalue weighted by Crippen LogP contribution is -2.46. The van der Waals surface area contributed by atoms with Crippen molar-refractivity contribution in [2.24, 2.45) is 0 Å². The fraction of sp³-hybridized carbons (Fsp3) is 0.424. The lowest BCUT2D eigenvalue weighted by Gasteiger charge is -2.35. The van der Waals surface area contributed by atoms with Crippen LogP contribution in [0.4, 0.5) is 0 Å². The van der Waals surface area contributed by atoms with Gasteiger partial charge in [-0.2, -0.15) is 0 Å². The molecular weight excluding hydrogens is 545 g/mol. The van der Waals surface area contributed by atoms with Crippen LogP contribution in [0.15, 0.2) is 54.6 Å². The van der Waals surface area contributed by atoms with Crippen molar-refractivity contribution >= 4 is 29.2 Å². The highest BCUT2D eigenvalue weighted by atomic mass is 35.5.